The molecular formula is C11H22N2. The maximum atomic E-state index is 2.66. The maximum Gasteiger partial charge on any atom is 0.00343 e. The van der Waals surface area contributed by atoms with Gasteiger partial charge >= 0.3 is 0 Å². The van der Waals surface area contributed by atoms with Crippen LogP contribution in [0.1, 0.15) is 20.3 Å². The molecule has 2 aliphatic rings. The monoisotopic (exact) mass is 182 g/mol. The fourth-order valence-corrected chi connectivity index (χ4v) is 2.61. The van der Waals surface area contributed by atoms with Crippen LogP contribution in [0.15, 0.2) is 0 Å². The average molecular weight is 182 g/mol. The van der Waals surface area contributed by atoms with E-state index in [9.17, 15) is 0 Å². The van der Waals surface area contributed by atoms with Crippen molar-refractivity contribution in [1.82, 2.24) is 9.80 Å². The van der Waals surface area contributed by atoms with Crippen LogP contribution >= 0.6 is 0 Å². The van der Waals surface area contributed by atoms with Gasteiger partial charge in [0, 0.05) is 26.2 Å². The SMILES string of the molecule is CCN1CC(CN2CCC(C)C2)C1. The zero-order valence-electron chi connectivity index (χ0n) is 9.00. The molecule has 2 fully saturated rings. The molecule has 0 N–H and O–H groups in total. The van der Waals surface area contributed by atoms with E-state index in [0.717, 1.165) is 11.8 Å². The van der Waals surface area contributed by atoms with Crippen molar-refractivity contribution < 1.29 is 0 Å². The third-order valence-electron chi connectivity index (χ3n) is 3.50. The highest BCUT2D eigenvalue weighted by molar-refractivity contribution is 4.83. The van der Waals surface area contributed by atoms with Gasteiger partial charge in [0.2, 0.25) is 0 Å². The first-order valence-corrected chi connectivity index (χ1v) is 5.72. The maximum absolute atomic E-state index is 2.66. The minimum Gasteiger partial charge on any atom is -0.303 e. The van der Waals surface area contributed by atoms with Gasteiger partial charge in [-0.2, -0.15) is 0 Å². The molecule has 1 atom stereocenters. The van der Waals surface area contributed by atoms with Crippen molar-refractivity contribution in [1.29, 1.82) is 0 Å². The molecule has 0 amide bonds. The molecule has 1 unspecified atom stereocenters. The van der Waals surface area contributed by atoms with Gasteiger partial charge in [-0.3, -0.25) is 0 Å². The lowest BCUT2D eigenvalue weighted by Crippen LogP contribution is -2.50. The highest BCUT2D eigenvalue weighted by Crippen LogP contribution is 2.21. The summed E-state index contributed by atoms with van der Waals surface area (Å²) in [5.41, 5.74) is 0. The Morgan fingerprint density at radius 2 is 1.92 bits per heavy atom. The molecule has 0 aliphatic carbocycles. The standard InChI is InChI=1S/C11H22N2/c1-3-12-7-11(8-12)9-13-5-4-10(2)6-13/h10-11H,3-9H2,1-2H3. The van der Waals surface area contributed by atoms with Crippen LogP contribution < -0.4 is 0 Å². The Labute approximate surface area is 81.9 Å². The van der Waals surface area contributed by atoms with Crippen molar-refractivity contribution in [3.8, 4) is 0 Å². The molecule has 0 bridgehead atoms. The van der Waals surface area contributed by atoms with Crippen LogP contribution in [0.3, 0.4) is 0 Å². The summed E-state index contributed by atoms with van der Waals surface area (Å²) >= 11 is 0. The molecule has 0 aromatic rings. The lowest BCUT2D eigenvalue weighted by atomic mass is 10.00. The van der Waals surface area contributed by atoms with Crippen LogP contribution in [0, 0.1) is 11.8 Å². The molecule has 0 radical (unpaired) electrons. The summed E-state index contributed by atoms with van der Waals surface area (Å²) in [6.07, 6.45) is 1.42. The van der Waals surface area contributed by atoms with Crippen LogP contribution in [0.25, 0.3) is 0 Å². The van der Waals surface area contributed by atoms with Gasteiger partial charge in [0.25, 0.3) is 0 Å². The summed E-state index contributed by atoms with van der Waals surface area (Å²) in [5.74, 6) is 1.92. The fraction of sp³-hybridized carbons (Fsp3) is 1.00. The first kappa shape index (κ1) is 9.47. The molecule has 76 valence electrons. The van der Waals surface area contributed by atoms with E-state index in [4.69, 9.17) is 0 Å². The van der Waals surface area contributed by atoms with Crippen molar-refractivity contribution in [2.24, 2.45) is 11.8 Å². The molecule has 13 heavy (non-hydrogen) atoms. The zero-order chi connectivity index (χ0) is 9.26. The third-order valence-corrected chi connectivity index (χ3v) is 3.50. The number of likely N-dealkylation sites (tertiary alicyclic amines) is 2. The van der Waals surface area contributed by atoms with Gasteiger partial charge in [0.15, 0.2) is 0 Å². The lowest BCUT2D eigenvalue weighted by molar-refractivity contribution is 0.0784. The highest BCUT2D eigenvalue weighted by Gasteiger charge is 2.28. The summed E-state index contributed by atoms with van der Waals surface area (Å²) in [5, 5.41) is 0. The number of nitrogens with zero attached hydrogens (tertiary/aromatic N) is 2. The van der Waals surface area contributed by atoms with Gasteiger partial charge in [-0.15, -0.1) is 0 Å². The number of rotatable bonds is 3. The van der Waals surface area contributed by atoms with E-state index >= 15 is 0 Å². The van der Waals surface area contributed by atoms with Gasteiger partial charge in [-0.1, -0.05) is 13.8 Å². The van der Waals surface area contributed by atoms with Crippen LogP contribution in [0.5, 0.6) is 0 Å². The van der Waals surface area contributed by atoms with Crippen molar-refractivity contribution >= 4 is 0 Å². The Morgan fingerprint density at radius 3 is 2.46 bits per heavy atom. The zero-order valence-corrected chi connectivity index (χ0v) is 9.00. The quantitative estimate of drug-likeness (QED) is 0.649. The van der Waals surface area contributed by atoms with Gasteiger partial charge in [-0.25, -0.2) is 0 Å². The second-order valence-corrected chi connectivity index (χ2v) is 4.87. The summed E-state index contributed by atoms with van der Waals surface area (Å²) in [6, 6.07) is 0. The van der Waals surface area contributed by atoms with E-state index in [-0.39, 0.29) is 0 Å². The van der Waals surface area contributed by atoms with E-state index in [1.807, 2.05) is 0 Å². The fourth-order valence-electron chi connectivity index (χ4n) is 2.61. The second-order valence-electron chi connectivity index (χ2n) is 4.87. The summed E-state index contributed by atoms with van der Waals surface area (Å²) in [4.78, 5) is 5.19. The topological polar surface area (TPSA) is 6.48 Å². The van der Waals surface area contributed by atoms with Gasteiger partial charge in [0.1, 0.15) is 0 Å². The minimum absolute atomic E-state index is 0.947. The van der Waals surface area contributed by atoms with Gasteiger partial charge in [0.05, 0.1) is 0 Å². The molecule has 2 saturated heterocycles. The molecular weight excluding hydrogens is 160 g/mol. The van der Waals surface area contributed by atoms with Gasteiger partial charge in [-0.05, 0) is 31.3 Å². The largest absolute Gasteiger partial charge is 0.303 e. The predicted octanol–water partition coefficient (Wildman–Crippen LogP) is 1.28. The minimum atomic E-state index is 0.947. The molecule has 2 heterocycles. The number of hydrogen-bond donors (Lipinski definition) is 0. The highest BCUT2D eigenvalue weighted by atomic mass is 15.2. The van der Waals surface area contributed by atoms with Crippen LogP contribution in [0.2, 0.25) is 0 Å². The summed E-state index contributed by atoms with van der Waals surface area (Å²) in [7, 11) is 0. The van der Waals surface area contributed by atoms with E-state index in [1.165, 1.54) is 45.7 Å². The second kappa shape index (κ2) is 3.97. The first-order chi connectivity index (χ1) is 6.28. The molecule has 0 spiro atoms. The Kier molecular flexibility index (Phi) is 2.89. The molecule has 0 saturated carbocycles. The molecule has 2 aliphatic heterocycles. The van der Waals surface area contributed by atoms with E-state index in [2.05, 4.69) is 23.6 Å². The lowest BCUT2D eigenvalue weighted by Gasteiger charge is -2.40. The Balaban J connectivity index is 1.64. The van der Waals surface area contributed by atoms with E-state index in [0.29, 0.717) is 0 Å². The van der Waals surface area contributed by atoms with Crippen molar-refractivity contribution in [2.75, 3.05) is 39.3 Å². The normalized spacial score (nSPS) is 32.3. The van der Waals surface area contributed by atoms with Crippen LogP contribution in [-0.2, 0) is 0 Å². The Bertz CT molecular complexity index is 163. The predicted molar refractivity (Wildman–Crippen MR) is 55.8 cm³/mol. The molecule has 0 aromatic carbocycles. The van der Waals surface area contributed by atoms with Gasteiger partial charge < -0.3 is 9.80 Å². The third kappa shape index (κ3) is 2.23. The molecule has 2 nitrogen and oxygen atoms in total. The molecule has 0 aromatic heterocycles. The smallest absolute Gasteiger partial charge is 0.00343 e. The first-order valence-electron chi connectivity index (χ1n) is 5.72. The van der Waals surface area contributed by atoms with Crippen molar-refractivity contribution in [2.45, 2.75) is 20.3 Å². The van der Waals surface area contributed by atoms with Crippen molar-refractivity contribution in [3.63, 3.8) is 0 Å². The van der Waals surface area contributed by atoms with Crippen LogP contribution in [-0.4, -0.2) is 49.1 Å². The number of hydrogen-bond acceptors (Lipinski definition) is 2. The summed E-state index contributed by atoms with van der Waals surface area (Å²) in [6.45, 7) is 12.6. The van der Waals surface area contributed by atoms with Crippen LogP contribution in [0.4, 0.5) is 0 Å². The van der Waals surface area contributed by atoms with E-state index < -0.39 is 0 Å². The molecule has 2 rings (SSSR count). The van der Waals surface area contributed by atoms with E-state index in [1.54, 1.807) is 0 Å². The Morgan fingerprint density at radius 1 is 1.15 bits per heavy atom. The average Bonchev–Trinajstić information content (AvgIpc) is 2.43. The Hall–Kier alpha value is -0.0800. The summed E-state index contributed by atoms with van der Waals surface area (Å²) < 4.78 is 0. The van der Waals surface area contributed by atoms with Crippen molar-refractivity contribution in [3.05, 3.63) is 0 Å². The molecule has 2 heteroatoms.